The summed E-state index contributed by atoms with van der Waals surface area (Å²) in [6, 6.07) is 5.28. The van der Waals surface area contributed by atoms with Crippen LogP contribution in [0.5, 0.6) is 5.75 Å². The Hall–Kier alpha value is -1.18. The van der Waals surface area contributed by atoms with Crippen molar-refractivity contribution >= 4 is 0 Å². The normalized spacial score (nSPS) is 32.6. The van der Waals surface area contributed by atoms with Crippen LogP contribution < -0.4 is 0 Å². The monoisotopic (exact) mass is 352 g/mol. The standard InChI is InChI=1S/C19H28O6/c1-18(2,3)10-7-8-12(20)11(9-10)13(21)14-15(22-6)16-17(23-14)25-19(4,5)24-16/h7-9,13-17,20-21H,1-6H3/t13-,14+,15-,16+,17+/m0/s1. The summed E-state index contributed by atoms with van der Waals surface area (Å²) in [4.78, 5) is 0. The van der Waals surface area contributed by atoms with Crippen molar-refractivity contribution in [1.29, 1.82) is 0 Å². The fraction of sp³-hybridized carbons (Fsp3) is 0.684. The molecule has 0 spiro atoms. The van der Waals surface area contributed by atoms with Crippen molar-refractivity contribution in [2.24, 2.45) is 0 Å². The number of phenols is 1. The fourth-order valence-corrected chi connectivity index (χ4v) is 3.46. The molecule has 0 amide bonds. The number of hydrogen-bond acceptors (Lipinski definition) is 6. The lowest BCUT2D eigenvalue weighted by Crippen LogP contribution is -2.39. The van der Waals surface area contributed by atoms with E-state index in [4.69, 9.17) is 18.9 Å². The molecule has 1 aromatic rings. The van der Waals surface area contributed by atoms with E-state index in [0.717, 1.165) is 5.56 Å². The van der Waals surface area contributed by atoms with Crippen LogP contribution in [0.25, 0.3) is 0 Å². The minimum Gasteiger partial charge on any atom is -0.508 e. The first-order valence-corrected chi connectivity index (χ1v) is 8.59. The second kappa shape index (κ2) is 6.21. The van der Waals surface area contributed by atoms with E-state index in [2.05, 4.69) is 20.8 Å². The SMILES string of the molecule is CO[C@@H]1[C@H]2OC(C)(C)O[C@H]2O[C@@H]1[C@@H](O)c1cc(C(C)(C)C)ccc1O. The van der Waals surface area contributed by atoms with Gasteiger partial charge in [0.15, 0.2) is 12.1 Å². The molecular weight excluding hydrogens is 324 g/mol. The maximum absolute atomic E-state index is 10.9. The Kier molecular flexibility index (Phi) is 4.62. The Labute approximate surface area is 148 Å². The Bertz CT molecular complexity index is 635. The van der Waals surface area contributed by atoms with Gasteiger partial charge in [-0.2, -0.15) is 0 Å². The lowest BCUT2D eigenvalue weighted by Gasteiger charge is -2.29. The van der Waals surface area contributed by atoms with Crippen LogP contribution in [0.15, 0.2) is 18.2 Å². The first kappa shape index (κ1) is 18.6. The number of aromatic hydroxyl groups is 1. The molecule has 2 saturated heterocycles. The van der Waals surface area contributed by atoms with Crippen LogP contribution in [0.2, 0.25) is 0 Å². The molecule has 1 aromatic carbocycles. The summed E-state index contributed by atoms with van der Waals surface area (Å²) in [5, 5.41) is 21.2. The van der Waals surface area contributed by atoms with Crippen molar-refractivity contribution in [3.8, 4) is 5.75 Å². The van der Waals surface area contributed by atoms with Gasteiger partial charge in [-0.25, -0.2) is 0 Å². The number of methoxy groups -OCH3 is 1. The van der Waals surface area contributed by atoms with Gasteiger partial charge >= 0.3 is 0 Å². The molecular formula is C19H28O6. The number of rotatable bonds is 3. The van der Waals surface area contributed by atoms with Crippen LogP contribution >= 0.6 is 0 Å². The molecule has 2 aliphatic heterocycles. The maximum atomic E-state index is 10.9. The molecule has 2 N–H and O–H groups in total. The lowest BCUT2D eigenvalue weighted by atomic mass is 9.84. The van der Waals surface area contributed by atoms with Crippen molar-refractivity contribution in [1.82, 2.24) is 0 Å². The van der Waals surface area contributed by atoms with Gasteiger partial charge in [0.05, 0.1) is 0 Å². The second-order valence-electron chi connectivity index (χ2n) is 8.24. The van der Waals surface area contributed by atoms with Crippen molar-refractivity contribution in [2.75, 3.05) is 7.11 Å². The minimum absolute atomic E-state index is 0.0261. The van der Waals surface area contributed by atoms with E-state index in [0.29, 0.717) is 5.56 Å². The quantitative estimate of drug-likeness (QED) is 0.871. The molecule has 0 aromatic heterocycles. The van der Waals surface area contributed by atoms with Gasteiger partial charge in [0.1, 0.15) is 30.2 Å². The third kappa shape index (κ3) is 3.41. The van der Waals surface area contributed by atoms with Crippen LogP contribution in [0, 0.1) is 0 Å². The van der Waals surface area contributed by atoms with Crippen LogP contribution in [-0.2, 0) is 24.4 Å². The summed E-state index contributed by atoms with van der Waals surface area (Å²) in [7, 11) is 1.55. The Morgan fingerprint density at radius 3 is 2.48 bits per heavy atom. The van der Waals surface area contributed by atoms with E-state index < -0.39 is 36.5 Å². The summed E-state index contributed by atoms with van der Waals surface area (Å²) in [5.74, 6) is -0.728. The van der Waals surface area contributed by atoms with E-state index in [9.17, 15) is 10.2 Å². The van der Waals surface area contributed by atoms with Crippen LogP contribution in [0.4, 0.5) is 0 Å². The molecule has 0 unspecified atom stereocenters. The van der Waals surface area contributed by atoms with Gasteiger partial charge < -0.3 is 29.2 Å². The predicted octanol–water partition coefficient (Wildman–Crippen LogP) is 2.61. The molecule has 140 valence electrons. The smallest absolute Gasteiger partial charge is 0.190 e. The molecule has 0 radical (unpaired) electrons. The zero-order valence-corrected chi connectivity index (χ0v) is 15.6. The largest absolute Gasteiger partial charge is 0.508 e. The van der Waals surface area contributed by atoms with Gasteiger partial charge in [-0.1, -0.05) is 26.8 Å². The summed E-state index contributed by atoms with van der Waals surface area (Å²) >= 11 is 0. The number of benzene rings is 1. The molecule has 5 atom stereocenters. The van der Waals surface area contributed by atoms with Crippen LogP contribution in [-0.4, -0.2) is 47.7 Å². The number of phenolic OH excluding ortho intramolecular Hbond substituents is 1. The number of ether oxygens (including phenoxy) is 4. The molecule has 25 heavy (non-hydrogen) atoms. The first-order chi connectivity index (χ1) is 11.5. The highest BCUT2D eigenvalue weighted by atomic mass is 16.8. The third-order valence-corrected chi connectivity index (χ3v) is 4.82. The average Bonchev–Trinajstić information content (AvgIpc) is 2.97. The minimum atomic E-state index is -1.06. The summed E-state index contributed by atoms with van der Waals surface area (Å²) in [6.45, 7) is 9.85. The fourth-order valence-electron chi connectivity index (χ4n) is 3.46. The Balaban J connectivity index is 1.88. The van der Waals surface area contributed by atoms with Gasteiger partial charge in [-0.05, 0) is 37.0 Å². The number of aliphatic hydroxyl groups excluding tert-OH is 1. The topological polar surface area (TPSA) is 77.4 Å². The number of aliphatic hydroxyl groups is 1. The van der Waals surface area contributed by atoms with E-state index in [-0.39, 0.29) is 11.2 Å². The highest BCUT2D eigenvalue weighted by Gasteiger charge is 2.57. The van der Waals surface area contributed by atoms with E-state index in [1.807, 2.05) is 26.0 Å². The van der Waals surface area contributed by atoms with E-state index in [1.54, 1.807) is 13.2 Å². The zero-order valence-electron chi connectivity index (χ0n) is 15.6. The molecule has 0 aliphatic carbocycles. The maximum Gasteiger partial charge on any atom is 0.190 e. The molecule has 2 aliphatic rings. The first-order valence-electron chi connectivity index (χ1n) is 8.59. The zero-order chi connectivity index (χ0) is 18.6. The molecule has 2 heterocycles. The van der Waals surface area contributed by atoms with Crippen LogP contribution in [0.1, 0.15) is 51.8 Å². The lowest BCUT2D eigenvalue weighted by molar-refractivity contribution is -0.228. The highest BCUT2D eigenvalue weighted by molar-refractivity contribution is 5.40. The summed E-state index contributed by atoms with van der Waals surface area (Å²) in [5.41, 5.74) is 1.32. The van der Waals surface area contributed by atoms with E-state index >= 15 is 0 Å². The number of fused-ring (bicyclic) bond motifs is 1. The average molecular weight is 352 g/mol. The van der Waals surface area contributed by atoms with Crippen LogP contribution in [0.3, 0.4) is 0 Å². The Morgan fingerprint density at radius 2 is 1.88 bits per heavy atom. The van der Waals surface area contributed by atoms with Crippen molar-refractivity contribution < 1.29 is 29.2 Å². The van der Waals surface area contributed by atoms with Gasteiger partial charge in [0.2, 0.25) is 0 Å². The molecule has 0 bridgehead atoms. The van der Waals surface area contributed by atoms with Gasteiger partial charge in [-0.15, -0.1) is 0 Å². The summed E-state index contributed by atoms with van der Waals surface area (Å²) < 4.78 is 23.0. The molecule has 2 fully saturated rings. The molecule has 3 rings (SSSR count). The highest BCUT2D eigenvalue weighted by Crippen LogP contribution is 2.43. The molecule has 6 heteroatoms. The second-order valence-corrected chi connectivity index (χ2v) is 8.24. The van der Waals surface area contributed by atoms with Gasteiger partial charge in [-0.3, -0.25) is 0 Å². The van der Waals surface area contributed by atoms with Crippen molar-refractivity contribution in [3.63, 3.8) is 0 Å². The van der Waals surface area contributed by atoms with E-state index in [1.165, 1.54) is 0 Å². The third-order valence-electron chi connectivity index (χ3n) is 4.82. The van der Waals surface area contributed by atoms with Crippen molar-refractivity contribution in [3.05, 3.63) is 29.3 Å². The predicted molar refractivity (Wildman–Crippen MR) is 91.3 cm³/mol. The Morgan fingerprint density at radius 1 is 1.20 bits per heavy atom. The molecule has 0 saturated carbocycles. The van der Waals surface area contributed by atoms with Gasteiger partial charge in [0, 0.05) is 12.7 Å². The molecule has 6 nitrogen and oxygen atoms in total. The summed E-state index contributed by atoms with van der Waals surface area (Å²) in [6.07, 6.45) is -3.29. The van der Waals surface area contributed by atoms with Gasteiger partial charge in [0.25, 0.3) is 0 Å². The number of hydrogen-bond donors (Lipinski definition) is 2. The van der Waals surface area contributed by atoms with Crippen molar-refractivity contribution in [2.45, 2.75) is 76.5 Å².